The van der Waals surface area contributed by atoms with Crippen LogP contribution in [0.1, 0.15) is 36.5 Å². The lowest BCUT2D eigenvalue weighted by Crippen LogP contribution is -2.23. The molecule has 0 saturated heterocycles. The summed E-state index contributed by atoms with van der Waals surface area (Å²) in [6.07, 6.45) is 4.66. The summed E-state index contributed by atoms with van der Waals surface area (Å²) >= 11 is 0. The molecule has 0 bridgehead atoms. The zero-order valence-corrected chi connectivity index (χ0v) is 12.3. The van der Waals surface area contributed by atoms with Crippen molar-refractivity contribution in [2.45, 2.75) is 26.3 Å². The molecule has 21 heavy (non-hydrogen) atoms. The Hall–Kier alpha value is -2.20. The maximum atomic E-state index is 5.98. The van der Waals surface area contributed by atoms with Crippen LogP contribution in [0.3, 0.4) is 0 Å². The summed E-state index contributed by atoms with van der Waals surface area (Å²) in [6, 6.07) is 10.0. The average molecular weight is 281 g/mol. The van der Waals surface area contributed by atoms with E-state index in [1.165, 1.54) is 0 Å². The van der Waals surface area contributed by atoms with Gasteiger partial charge in [-0.3, -0.25) is 9.97 Å². The van der Waals surface area contributed by atoms with Crippen LogP contribution in [0.2, 0.25) is 0 Å². The lowest BCUT2D eigenvalue weighted by Gasteiger charge is -2.15. The third kappa shape index (κ3) is 2.95. The molecule has 0 saturated carbocycles. The molecule has 1 atom stereocenters. The number of hydrogen-bond donors (Lipinski definition) is 1. The van der Waals surface area contributed by atoms with Crippen molar-refractivity contribution >= 4 is 11.0 Å². The largest absolute Gasteiger partial charge is 0.459 e. The summed E-state index contributed by atoms with van der Waals surface area (Å²) < 4.78 is 5.98. The number of aryl methyl sites for hydroxylation is 1. The van der Waals surface area contributed by atoms with Gasteiger partial charge in [-0.05, 0) is 32.0 Å². The fraction of sp³-hybridized carbons (Fsp3) is 0.294. The van der Waals surface area contributed by atoms with Gasteiger partial charge in [-0.15, -0.1) is 0 Å². The Morgan fingerprint density at radius 1 is 1.19 bits per heavy atom. The highest BCUT2D eigenvalue weighted by Gasteiger charge is 2.19. The molecule has 4 nitrogen and oxygen atoms in total. The fourth-order valence-corrected chi connectivity index (χ4v) is 2.34. The van der Waals surface area contributed by atoms with Crippen LogP contribution in [-0.2, 0) is 0 Å². The van der Waals surface area contributed by atoms with Gasteiger partial charge in [-0.25, -0.2) is 0 Å². The number of nitrogens with zero attached hydrogens (tertiary/aromatic N) is 2. The van der Waals surface area contributed by atoms with E-state index in [0.29, 0.717) is 0 Å². The number of nitrogens with one attached hydrogen (secondary N) is 1. The summed E-state index contributed by atoms with van der Waals surface area (Å²) in [6.45, 7) is 4.98. The van der Waals surface area contributed by atoms with Crippen molar-refractivity contribution in [3.8, 4) is 0 Å². The van der Waals surface area contributed by atoms with Gasteiger partial charge in [0, 0.05) is 11.6 Å². The van der Waals surface area contributed by atoms with Crippen molar-refractivity contribution in [3.05, 3.63) is 59.9 Å². The number of fused-ring (bicyclic) bond motifs is 1. The van der Waals surface area contributed by atoms with Crippen molar-refractivity contribution < 1.29 is 4.42 Å². The summed E-state index contributed by atoms with van der Waals surface area (Å²) in [5.41, 5.74) is 2.70. The molecule has 0 spiro atoms. The smallest absolute Gasteiger partial charge is 0.134 e. The van der Waals surface area contributed by atoms with Crippen LogP contribution < -0.4 is 5.32 Å². The Kier molecular flexibility index (Phi) is 3.97. The first-order valence-corrected chi connectivity index (χ1v) is 7.28. The van der Waals surface area contributed by atoms with Gasteiger partial charge in [-0.1, -0.05) is 25.1 Å². The first-order chi connectivity index (χ1) is 10.3. The zero-order chi connectivity index (χ0) is 14.7. The molecule has 2 heterocycles. The highest BCUT2D eigenvalue weighted by Crippen LogP contribution is 2.27. The Morgan fingerprint density at radius 3 is 2.76 bits per heavy atom. The number of aromatic nitrogens is 2. The Morgan fingerprint density at radius 2 is 2.05 bits per heavy atom. The summed E-state index contributed by atoms with van der Waals surface area (Å²) in [4.78, 5) is 8.84. The van der Waals surface area contributed by atoms with Crippen LogP contribution >= 0.6 is 0 Å². The van der Waals surface area contributed by atoms with Gasteiger partial charge in [-0.2, -0.15) is 0 Å². The fourth-order valence-electron chi connectivity index (χ4n) is 2.34. The Labute approximate surface area is 124 Å². The molecule has 3 aromatic rings. The number of benzene rings is 1. The second-order valence-electron chi connectivity index (χ2n) is 5.16. The van der Waals surface area contributed by atoms with Crippen molar-refractivity contribution in [1.29, 1.82) is 0 Å². The van der Waals surface area contributed by atoms with E-state index in [0.717, 1.165) is 41.1 Å². The van der Waals surface area contributed by atoms with Crippen molar-refractivity contribution in [2.75, 3.05) is 6.54 Å². The molecule has 0 amide bonds. The second kappa shape index (κ2) is 6.06. The van der Waals surface area contributed by atoms with Gasteiger partial charge in [0.2, 0.25) is 0 Å². The first kappa shape index (κ1) is 13.8. The summed E-state index contributed by atoms with van der Waals surface area (Å²) in [5, 5.41) is 4.59. The highest BCUT2D eigenvalue weighted by molar-refractivity contribution is 5.77. The molecule has 1 unspecified atom stereocenters. The zero-order valence-electron chi connectivity index (χ0n) is 12.3. The van der Waals surface area contributed by atoms with Crippen LogP contribution in [0.25, 0.3) is 11.0 Å². The standard InChI is InChI=1S/C17H19N3O/c1-3-8-18-17(14-11-19-12(2)10-20-14)16-9-13-6-4-5-7-15(13)21-16/h4-7,9-11,17-18H,3,8H2,1-2H3. The lowest BCUT2D eigenvalue weighted by molar-refractivity contribution is 0.462. The molecule has 108 valence electrons. The van der Waals surface area contributed by atoms with E-state index in [1.807, 2.05) is 31.3 Å². The van der Waals surface area contributed by atoms with E-state index < -0.39 is 0 Å². The predicted octanol–water partition coefficient (Wildman–Crippen LogP) is 3.62. The number of furan rings is 1. The van der Waals surface area contributed by atoms with E-state index in [-0.39, 0.29) is 6.04 Å². The molecule has 0 aliphatic rings. The van der Waals surface area contributed by atoms with Crippen LogP contribution in [0, 0.1) is 6.92 Å². The van der Waals surface area contributed by atoms with Crippen LogP contribution in [0.4, 0.5) is 0 Å². The van der Waals surface area contributed by atoms with E-state index in [4.69, 9.17) is 4.42 Å². The summed E-state index contributed by atoms with van der Waals surface area (Å²) in [5.74, 6) is 0.878. The quantitative estimate of drug-likeness (QED) is 0.776. The van der Waals surface area contributed by atoms with Crippen LogP contribution in [-0.4, -0.2) is 16.5 Å². The monoisotopic (exact) mass is 281 g/mol. The van der Waals surface area contributed by atoms with Gasteiger partial charge < -0.3 is 9.73 Å². The topological polar surface area (TPSA) is 51.0 Å². The van der Waals surface area contributed by atoms with E-state index in [1.54, 1.807) is 6.20 Å². The van der Waals surface area contributed by atoms with Gasteiger partial charge in [0.05, 0.1) is 17.6 Å². The average Bonchev–Trinajstić information content (AvgIpc) is 2.93. The predicted molar refractivity (Wildman–Crippen MR) is 83.1 cm³/mol. The number of rotatable bonds is 5. The second-order valence-corrected chi connectivity index (χ2v) is 5.16. The molecule has 0 aliphatic heterocycles. The molecule has 0 fully saturated rings. The third-order valence-electron chi connectivity index (χ3n) is 3.42. The molecule has 1 N–H and O–H groups in total. The van der Waals surface area contributed by atoms with E-state index in [9.17, 15) is 0 Å². The lowest BCUT2D eigenvalue weighted by atomic mass is 10.1. The molecule has 1 aromatic carbocycles. The van der Waals surface area contributed by atoms with Gasteiger partial charge in [0.15, 0.2) is 0 Å². The molecule has 0 aliphatic carbocycles. The van der Waals surface area contributed by atoms with Gasteiger partial charge in [0.1, 0.15) is 17.4 Å². The van der Waals surface area contributed by atoms with Crippen molar-refractivity contribution in [1.82, 2.24) is 15.3 Å². The highest BCUT2D eigenvalue weighted by atomic mass is 16.3. The van der Waals surface area contributed by atoms with Gasteiger partial charge in [0.25, 0.3) is 0 Å². The molecular weight excluding hydrogens is 262 g/mol. The maximum Gasteiger partial charge on any atom is 0.134 e. The summed E-state index contributed by atoms with van der Waals surface area (Å²) in [7, 11) is 0. The maximum absolute atomic E-state index is 5.98. The SMILES string of the molecule is CCCNC(c1cnc(C)cn1)c1cc2ccccc2o1. The minimum atomic E-state index is -0.0644. The number of hydrogen-bond acceptors (Lipinski definition) is 4. The van der Waals surface area contributed by atoms with Crippen LogP contribution in [0.5, 0.6) is 0 Å². The van der Waals surface area contributed by atoms with Crippen molar-refractivity contribution in [2.24, 2.45) is 0 Å². The van der Waals surface area contributed by atoms with E-state index in [2.05, 4.69) is 34.3 Å². The first-order valence-electron chi connectivity index (χ1n) is 7.28. The minimum Gasteiger partial charge on any atom is -0.459 e. The van der Waals surface area contributed by atoms with E-state index >= 15 is 0 Å². The molecule has 3 rings (SSSR count). The van der Waals surface area contributed by atoms with Crippen LogP contribution in [0.15, 0.2) is 47.1 Å². The number of para-hydroxylation sites is 1. The van der Waals surface area contributed by atoms with Crippen molar-refractivity contribution in [3.63, 3.8) is 0 Å². The van der Waals surface area contributed by atoms with Gasteiger partial charge >= 0.3 is 0 Å². The molecule has 2 aromatic heterocycles. The molecular formula is C17H19N3O. The Balaban J connectivity index is 1.99. The molecule has 0 radical (unpaired) electrons. The minimum absolute atomic E-state index is 0.0644. The Bertz CT molecular complexity index is 685. The molecule has 4 heteroatoms. The normalized spacial score (nSPS) is 12.7. The third-order valence-corrected chi connectivity index (χ3v) is 3.42.